The number of nitrogens with one attached hydrogen (secondary N) is 2. The maximum atomic E-state index is 12.8. The number of anilines is 1. The zero-order valence-electron chi connectivity index (χ0n) is 20.7. The second-order valence-electron chi connectivity index (χ2n) is 9.22. The molecule has 8 heteroatoms. The predicted molar refractivity (Wildman–Crippen MR) is 152 cm³/mol. The summed E-state index contributed by atoms with van der Waals surface area (Å²) in [5.74, 6) is -0.0598. The first-order chi connectivity index (χ1) is 17.9. The molecule has 0 aliphatic carbocycles. The molecular weight excluding hydrogens is 502 g/mol. The third-order valence-electron chi connectivity index (χ3n) is 6.62. The van der Waals surface area contributed by atoms with E-state index in [0.29, 0.717) is 18.1 Å². The van der Waals surface area contributed by atoms with Crippen LogP contribution in [0.25, 0.3) is 5.69 Å². The molecule has 1 amide bonds. The van der Waals surface area contributed by atoms with E-state index in [2.05, 4.69) is 37.2 Å². The maximum Gasteiger partial charge on any atom is 0.226 e. The molecule has 3 heterocycles. The van der Waals surface area contributed by atoms with Crippen LogP contribution in [0.5, 0.6) is 0 Å². The van der Waals surface area contributed by atoms with Crippen LogP contribution in [0.1, 0.15) is 41.0 Å². The molecule has 6 nitrogen and oxygen atoms in total. The Morgan fingerprint density at radius 2 is 1.89 bits per heavy atom. The van der Waals surface area contributed by atoms with Gasteiger partial charge in [0.2, 0.25) is 5.91 Å². The summed E-state index contributed by atoms with van der Waals surface area (Å²) in [7, 11) is 0. The van der Waals surface area contributed by atoms with Crippen molar-refractivity contribution in [2.45, 2.75) is 32.4 Å². The molecule has 0 unspecified atom stereocenters. The number of halogens is 1. The summed E-state index contributed by atoms with van der Waals surface area (Å²) in [5.41, 5.74) is 5.88. The molecule has 2 aromatic carbocycles. The van der Waals surface area contributed by atoms with E-state index >= 15 is 0 Å². The highest BCUT2D eigenvalue weighted by Crippen LogP contribution is 2.39. The van der Waals surface area contributed by atoms with E-state index in [-0.39, 0.29) is 18.0 Å². The highest BCUT2D eigenvalue weighted by Gasteiger charge is 2.41. The molecule has 0 saturated carbocycles. The summed E-state index contributed by atoms with van der Waals surface area (Å²) in [6.45, 7) is 4.48. The Kier molecular flexibility index (Phi) is 7.26. The van der Waals surface area contributed by atoms with Gasteiger partial charge in [0.25, 0.3) is 0 Å². The van der Waals surface area contributed by atoms with E-state index in [1.807, 2.05) is 80.7 Å². The number of hydrogen-bond acceptors (Lipinski definition) is 3. The molecule has 1 aliphatic rings. The molecule has 2 N–H and O–H groups in total. The number of aryl methyl sites for hydroxylation is 2. The minimum Gasteiger partial charge on any atom is -0.352 e. The van der Waals surface area contributed by atoms with Crippen LogP contribution >= 0.6 is 23.8 Å². The lowest BCUT2D eigenvalue weighted by atomic mass is 10.0. The van der Waals surface area contributed by atoms with Crippen molar-refractivity contribution in [3.63, 3.8) is 0 Å². The van der Waals surface area contributed by atoms with Crippen molar-refractivity contribution in [3.8, 4) is 5.69 Å². The average Bonchev–Trinajstić information content (AvgIpc) is 3.50. The van der Waals surface area contributed by atoms with Gasteiger partial charge in [-0.1, -0.05) is 35.4 Å². The summed E-state index contributed by atoms with van der Waals surface area (Å²) in [6, 6.07) is 23.4. The van der Waals surface area contributed by atoms with E-state index in [1.165, 1.54) is 0 Å². The summed E-state index contributed by atoms with van der Waals surface area (Å²) in [6.07, 6.45) is 4.12. The largest absolute Gasteiger partial charge is 0.352 e. The molecule has 2 aromatic heterocycles. The number of carbonyl (C=O) groups excluding carboxylic acids is 1. The normalized spacial score (nSPS) is 17.1. The number of hydrogen-bond donors (Lipinski definition) is 2. The maximum absolute atomic E-state index is 12.8. The number of nitrogens with zero attached hydrogens (tertiary/aromatic N) is 3. The van der Waals surface area contributed by atoms with Gasteiger partial charge in [0.1, 0.15) is 0 Å². The standard InChI is InChI=1S/C29H28ClN5OS/c1-19-8-10-21(11-9-19)32-26(36)14-17-35-28(27(33-29(35)37)24-6-3-4-15-31-24)25-7-5-16-34(25)22-12-13-23(30)20(2)18-22/h3-13,15-16,18,27-28H,14,17H2,1-2H3,(H,32,36)(H,33,37)/t27-,28+/m0/s1. The van der Waals surface area contributed by atoms with Gasteiger partial charge in [-0.25, -0.2) is 0 Å². The fourth-order valence-corrected chi connectivity index (χ4v) is 5.15. The van der Waals surface area contributed by atoms with E-state index < -0.39 is 0 Å². The Bertz CT molecular complexity index is 1420. The number of rotatable bonds is 7. The van der Waals surface area contributed by atoms with Gasteiger partial charge in [-0.05, 0) is 86.2 Å². The van der Waals surface area contributed by atoms with Crippen LogP contribution in [0, 0.1) is 13.8 Å². The van der Waals surface area contributed by atoms with E-state index in [4.69, 9.17) is 23.8 Å². The minimum absolute atomic E-state index is 0.0598. The lowest BCUT2D eigenvalue weighted by Crippen LogP contribution is -2.33. The molecule has 1 aliphatic heterocycles. The van der Waals surface area contributed by atoms with Crippen molar-refractivity contribution >= 4 is 40.5 Å². The molecule has 0 spiro atoms. The Morgan fingerprint density at radius 3 is 2.62 bits per heavy atom. The van der Waals surface area contributed by atoms with Crippen LogP contribution < -0.4 is 10.6 Å². The molecule has 188 valence electrons. The van der Waals surface area contributed by atoms with Gasteiger partial charge >= 0.3 is 0 Å². The molecule has 5 rings (SSSR count). The Morgan fingerprint density at radius 1 is 1.08 bits per heavy atom. The monoisotopic (exact) mass is 529 g/mol. The molecule has 1 saturated heterocycles. The van der Waals surface area contributed by atoms with Crippen LogP contribution in [0.15, 0.2) is 85.2 Å². The highest BCUT2D eigenvalue weighted by atomic mass is 35.5. The first-order valence-corrected chi connectivity index (χ1v) is 13.0. The van der Waals surface area contributed by atoms with Crippen LogP contribution in [-0.2, 0) is 4.79 Å². The Labute approximate surface area is 227 Å². The smallest absolute Gasteiger partial charge is 0.226 e. The number of thiocarbonyl (C=S) groups is 1. The number of carbonyl (C=O) groups is 1. The third-order valence-corrected chi connectivity index (χ3v) is 7.39. The van der Waals surface area contributed by atoms with Gasteiger partial charge in [0.05, 0.1) is 17.8 Å². The number of benzene rings is 2. The van der Waals surface area contributed by atoms with Gasteiger partial charge in [-0.3, -0.25) is 9.78 Å². The first kappa shape index (κ1) is 25.0. The van der Waals surface area contributed by atoms with Crippen molar-refractivity contribution in [2.75, 3.05) is 11.9 Å². The summed E-state index contributed by atoms with van der Waals surface area (Å²) < 4.78 is 2.15. The lowest BCUT2D eigenvalue weighted by Gasteiger charge is -2.29. The van der Waals surface area contributed by atoms with Crippen molar-refractivity contribution in [1.82, 2.24) is 19.8 Å². The molecule has 0 bridgehead atoms. The van der Waals surface area contributed by atoms with Crippen molar-refractivity contribution in [2.24, 2.45) is 0 Å². The fourth-order valence-electron chi connectivity index (χ4n) is 4.70. The molecular formula is C29H28ClN5OS. The average molecular weight is 530 g/mol. The first-order valence-electron chi connectivity index (χ1n) is 12.2. The fraction of sp³-hybridized carbons (Fsp3) is 0.207. The summed E-state index contributed by atoms with van der Waals surface area (Å²) >= 11 is 12.1. The van der Waals surface area contributed by atoms with Crippen LogP contribution in [0.3, 0.4) is 0 Å². The van der Waals surface area contributed by atoms with Gasteiger partial charge < -0.3 is 20.1 Å². The Balaban J connectivity index is 1.44. The Hall–Kier alpha value is -3.68. The minimum atomic E-state index is -0.170. The summed E-state index contributed by atoms with van der Waals surface area (Å²) in [4.78, 5) is 19.5. The highest BCUT2D eigenvalue weighted by molar-refractivity contribution is 7.80. The van der Waals surface area contributed by atoms with Crippen molar-refractivity contribution in [1.29, 1.82) is 0 Å². The molecule has 1 fully saturated rings. The number of amides is 1. The van der Waals surface area contributed by atoms with Crippen molar-refractivity contribution < 1.29 is 4.79 Å². The second kappa shape index (κ2) is 10.7. The van der Waals surface area contributed by atoms with Gasteiger partial charge in [0, 0.05) is 47.5 Å². The van der Waals surface area contributed by atoms with Gasteiger partial charge in [-0.2, -0.15) is 0 Å². The summed E-state index contributed by atoms with van der Waals surface area (Å²) in [5, 5.41) is 7.79. The molecule has 0 radical (unpaired) electrons. The van der Waals surface area contributed by atoms with Gasteiger partial charge in [0.15, 0.2) is 5.11 Å². The SMILES string of the molecule is Cc1ccc(NC(=O)CCN2C(=S)N[C@@H](c3ccccn3)[C@H]2c2cccn2-c2ccc(Cl)c(C)c2)cc1. The third kappa shape index (κ3) is 5.38. The van der Waals surface area contributed by atoms with Crippen molar-refractivity contribution in [3.05, 3.63) is 113 Å². The lowest BCUT2D eigenvalue weighted by molar-refractivity contribution is -0.116. The van der Waals surface area contributed by atoms with E-state index in [9.17, 15) is 4.79 Å². The van der Waals surface area contributed by atoms with Crippen LogP contribution in [0.2, 0.25) is 5.02 Å². The van der Waals surface area contributed by atoms with Crippen LogP contribution in [-0.4, -0.2) is 32.0 Å². The van der Waals surface area contributed by atoms with E-state index in [1.54, 1.807) is 6.20 Å². The quantitative estimate of drug-likeness (QED) is 0.281. The molecule has 4 aromatic rings. The topological polar surface area (TPSA) is 62.2 Å². The second-order valence-corrected chi connectivity index (χ2v) is 10.0. The number of aromatic nitrogens is 2. The predicted octanol–water partition coefficient (Wildman–Crippen LogP) is 6.14. The zero-order chi connectivity index (χ0) is 25.9. The van der Waals surface area contributed by atoms with Gasteiger partial charge in [-0.15, -0.1) is 0 Å². The molecule has 2 atom stereocenters. The number of pyridine rings is 1. The molecule has 37 heavy (non-hydrogen) atoms. The van der Waals surface area contributed by atoms with Crippen LogP contribution in [0.4, 0.5) is 5.69 Å². The zero-order valence-corrected chi connectivity index (χ0v) is 22.3. The van der Waals surface area contributed by atoms with E-state index in [0.717, 1.165) is 38.9 Å².